The van der Waals surface area contributed by atoms with Gasteiger partial charge in [-0.15, -0.1) is 0 Å². The Morgan fingerprint density at radius 1 is 1.04 bits per heavy atom. The lowest BCUT2D eigenvalue weighted by molar-refractivity contribution is 0.598. The van der Waals surface area contributed by atoms with E-state index < -0.39 is 10.0 Å². The van der Waals surface area contributed by atoms with E-state index >= 15 is 0 Å². The molecule has 2 aromatic carbocycles. The van der Waals surface area contributed by atoms with Crippen LogP contribution in [0.4, 0.5) is 23.0 Å². The van der Waals surface area contributed by atoms with Crippen LogP contribution in [0.15, 0.2) is 59.5 Å². The number of para-hydroxylation sites is 1. The van der Waals surface area contributed by atoms with Gasteiger partial charge in [-0.3, -0.25) is 5.10 Å². The molecule has 0 saturated heterocycles. The SMILES string of the molecule is NS(=O)(=O)c1ccc(Nc2cc(Nc3ccccc3Cl)n[nH]2)cc1. The fraction of sp³-hybridized carbons (Fsp3) is 0. The van der Waals surface area contributed by atoms with Crippen LogP contribution >= 0.6 is 11.6 Å². The van der Waals surface area contributed by atoms with E-state index in [0.29, 0.717) is 22.3 Å². The largest absolute Gasteiger partial charge is 0.341 e. The number of nitrogens with two attached hydrogens (primary N) is 1. The first kappa shape index (κ1) is 16.3. The minimum Gasteiger partial charge on any atom is -0.341 e. The molecule has 7 nitrogen and oxygen atoms in total. The molecule has 0 saturated carbocycles. The molecule has 3 aromatic rings. The Labute approximate surface area is 143 Å². The maximum Gasteiger partial charge on any atom is 0.238 e. The number of hydrogen-bond acceptors (Lipinski definition) is 5. The first-order valence-corrected chi connectivity index (χ1v) is 8.81. The zero-order valence-electron chi connectivity index (χ0n) is 12.3. The van der Waals surface area contributed by atoms with Crippen LogP contribution in [0.1, 0.15) is 0 Å². The van der Waals surface area contributed by atoms with Crippen LogP contribution in [0.5, 0.6) is 0 Å². The molecule has 24 heavy (non-hydrogen) atoms. The molecule has 0 fully saturated rings. The molecule has 0 aliphatic rings. The Hall–Kier alpha value is -2.55. The van der Waals surface area contributed by atoms with Crippen LogP contribution in [0.3, 0.4) is 0 Å². The number of anilines is 4. The Morgan fingerprint density at radius 3 is 2.42 bits per heavy atom. The van der Waals surface area contributed by atoms with Gasteiger partial charge < -0.3 is 10.6 Å². The van der Waals surface area contributed by atoms with Crippen LogP contribution in [0.25, 0.3) is 0 Å². The molecule has 9 heteroatoms. The van der Waals surface area contributed by atoms with Crippen molar-refractivity contribution in [2.75, 3.05) is 10.6 Å². The van der Waals surface area contributed by atoms with E-state index in [9.17, 15) is 8.42 Å². The third-order valence-corrected chi connectivity index (χ3v) is 4.44. The number of benzene rings is 2. The molecular weight excluding hydrogens is 350 g/mol. The number of rotatable bonds is 5. The van der Waals surface area contributed by atoms with E-state index in [0.717, 1.165) is 5.69 Å². The van der Waals surface area contributed by atoms with Crippen LogP contribution in [-0.2, 0) is 10.0 Å². The minimum atomic E-state index is -3.70. The lowest BCUT2D eigenvalue weighted by atomic mass is 10.3. The lowest BCUT2D eigenvalue weighted by Crippen LogP contribution is -2.11. The van der Waals surface area contributed by atoms with Crippen LogP contribution in [-0.4, -0.2) is 18.6 Å². The van der Waals surface area contributed by atoms with E-state index in [2.05, 4.69) is 20.8 Å². The average molecular weight is 364 g/mol. The molecule has 1 heterocycles. The van der Waals surface area contributed by atoms with Crippen molar-refractivity contribution >= 4 is 44.6 Å². The molecular formula is C15H14ClN5O2S. The van der Waals surface area contributed by atoms with Crippen molar-refractivity contribution in [3.8, 4) is 0 Å². The topological polar surface area (TPSA) is 113 Å². The number of sulfonamides is 1. The lowest BCUT2D eigenvalue weighted by Gasteiger charge is -2.05. The van der Waals surface area contributed by atoms with Gasteiger partial charge in [0.15, 0.2) is 5.82 Å². The summed E-state index contributed by atoms with van der Waals surface area (Å²) in [7, 11) is -3.70. The average Bonchev–Trinajstić information content (AvgIpc) is 2.96. The molecule has 0 bridgehead atoms. The van der Waals surface area contributed by atoms with Gasteiger partial charge in [0.25, 0.3) is 0 Å². The molecule has 124 valence electrons. The third kappa shape index (κ3) is 3.85. The molecule has 0 amide bonds. The highest BCUT2D eigenvalue weighted by molar-refractivity contribution is 7.89. The smallest absolute Gasteiger partial charge is 0.238 e. The van der Waals surface area contributed by atoms with Gasteiger partial charge in [0.2, 0.25) is 10.0 Å². The third-order valence-electron chi connectivity index (χ3n) is 3.18. The summed E-state index contributed by atoms with van der Waals surface area (Å²) in [4.78, 5) is 0.0544. The van der Waals surface area contributed by atoms with Gasteiger partial charge in [-0.2, -0.15) is 5.10 Å². The zero-order valence-corrected chi connectivity index (χ0v) is 13.9. The molecule has 1 aromatic heterocycles. The molecule has 3 rings (SSSR count). The zero-order chi connectivity index (χ0) is 17.2. The highest BCUT2D eigenvalue weighted by Gasteiger charge is 2.08. The first-order valence-electron chi connectivity index (χ1n) is 6.89. The summed E-state index contributed by atoms with van der Waals surface area (Å²) >= 11 is 6.09. The minimum absolute atomic E-state index is 0.0544. The van der Waals surface area contributed by atoms with Crippen LogP contribution in [0, 0.1) is 0 Å². The predicted octanol–water partition coefficient (Wildman–Crippen LogP) is 3.20. The second kappa shape index (κ2) is 6.52. The van der Waals surface area contributed by atoms with Gasteiger partial charge in [-0.1, -0.05) is 23.7 Å². The van der Waals surface area contributed by atoms with Gasteiger partial charge in [0.1, 0.15) is 5.82 Å². The van der Waals surface area contributed by atoms with Crippen molar-refractivity contribution in [3.05, 3.63) is 59.6 Å². The van der Waals surface area contributed by atoms with Crippen molar-refractivity contribution in [1.82, 2.24) is 10.2 Å². The summed E-state index contributed by atoms with van der Waals surface area (Å²) in [5.74, 6) is 1.22. The van der Waals surface area contributed by atoms with Crippen molar-refractivity contribution in [2.45, 2.75) is 4.90 Å². The number of aromatic amines is 1. The van der Waals surface area contributed by atoms with Gasteiger partial charge in [0.05, 0.1) is 15.6 Å². The summed E-state index contributed by atoms with van der Waals surface area (Å²) in [6.45, 7) is 0. The number of H-pyrrole nitrogens is 1. The monoisotopic (exact) mass is 363 g/mol. The van der Waals surface area contributed by atoms with E-state index in [-0.39, 0.29) is 4.90 Å². The number of nitrogens with one attached hydrogen (secondary N) is 3. The van der Waals surface area contributed by atoms with E-state index in [1.807, 2.05) is 18.2 Å². The Kier molecular flexibility index (Phi) is 4.43. The maximum atomic E-state index is 11.2. The van der Waals surface area contributed by atoms with Gasteiger partial charge in [-0.05, 0) is 36.4 Å². The second-order valence-electron chi connectivity index (χ2n) is 4.97. The normalized spacial score (nSPS) is 11.2. The van der Waals surface area contributed by atoms with E-state index in [1.165, 1.54) is 12.1 Å². The second-order valence-corrected chi connectivity index (χ2v) is 6.93. The summed E-state index contributed by atoms with van der Waals surface area (Å²) in [5, 5.41) is 18.8. The van der Waals surface area contributed by atoms with Crippen molar-refractivity contribution in [3.63, 3.8) is 0 Å². The molecule has 0 atom stereocenters. The molecule has 0 radical (unpaired) electrons. The molecule has 0 aliphatic heterocycles. The standard InChI is InChI=1S/C15H14ClN5O2S/c16-12-3-1-2-4-13(12)19-15-9-14(20-21-15)18-10-5-7-11(8-6-10)24(17,22)23/h1-9H,(H2,17,22,23)(H3,18,19,20,21). The number of nitrogens with zero attached hydrogens (tertiary/aromatic N) is 1. The fourth-order valence-electron chi connectivity index (χ4n) is 2.03. The Bertz CT molecular complexity index is 954. The maximum absolute atomic E-state index is 11.2. The summed E-state index contributed by atoms with van der Waals surface area (Å²) in [6.07, 6.45) is 0. The van der Waals surface area contributed by atoms with Crippen molar-refractivity contribution in [1.29, 1.82) is 0 Å². The number of primary sulfonamides is 1. The fourth-order valence-corrected chi connectivity index (χ4v) is 2.73. The Morgan fingerprint density at radius 2 is 1.75 bits per heavy atom. The Balaban J connectivity index is 1.71. The first-order chi connectivity index (χ1) is 11.4. The summed E-state index contributed by atoms with van der Waals surface area (Å²) < 4.78 is 22.5. The van der Waals surface area contributed by atoms with E-state index in [4.69, 9.17) is 16.7 Å². The number of aromatic nitrogens is 2. The number of halogens is 1. The molecule has 0 spiro atoms. The quantitative estimate of drug-likeness (QED) is 0.556. The summed E-state index contributed by atoms with van der Waals surface area (Å²) in [5.41, 5.74) is 1.44. The van der Waals surface area contributed by atoms with Crippen molar-refractivity contribution < 1.29 is 8.42 Å². The highest BCUT2D eigenvalue weighted by atomic mass is 35.5. The van der Waals surface area contributed by atoms with Crippen LogP contribution in [0.2, 0.25) is 5.02 Å². The van der Waals surface area contributed by atoms with Gasteiger partial charge >= 0.3 is 0 Å². The molecule has 0 aliphatic carbocycles. The highest BCUT2D eigenvalue weighted by Crippen LogP contribution is 2.25. The summed E-state index contributed by atoms with van der Waals surface area (Å²) in [6, 6.07) is 15.2. The molecule has 0 unspecified atom stereocenters. The number of hydrogen-bond donors (Lipinski definition) is 4. The van der Waals surface area contributed by atoms with Crippen molar-refractivity contribution in [2.24, 2.45) is 5.14 Å². The van der Waals surface area contributed by atoms with E-state index in [1.54, 1.807) is 24.3 Å². The van der Waals surface area contributed by atoms with Gasteiger partial charge in [-0.25, -0.2) is 13.6 Å². The predicted molar refractivity (Wildman–Crippen MR) is 94.4 cm³/mol. The molecule has 5 N–H and O–H groups in total. The van der Waals surface area contributed by atoms with Gasteiger partial charge in [0, 0.05) is 11.8 Å². The van der Waals surface area contributed by atoms with Crippen LogP contribution < -0.4 is 15.8 Å².